The molecule has 0 aromatic heterocycles. The van der Waals surface area contributed by atoms with Crippen LogP contribution in [0.25, 0.3) is 44.5 Å². The summed E-state index contributed by atoms with van der Waals surface area (Å²) in [5.41, 5.74) is 20.5. The zero-order valence-corrected chi connectivity index (χ0v) is 46.1. The minimum atomic E-state index is -0.272. The molecule has 366 valence electrons. The summed E-state index contributed by atoms with van der Waals surface area (Å²) in [4.78, 5) is 12.4. The van der Waals surface area contributed by atoms with Crippen molar-refractivity contribution in [3.8, 4) is 67.5 Å². The predicted octanol–water partition coefficient (Wildman–Crippen LogP) is 20.9. The number of hydrogen-bond acceptors (Lipinski definition) is 7. The van der Waals surface area contributed by atoms with Crippen LogP contribution in [0.1, 0.15) is 74.9 Å². The van der Waals surface area contributed by atoms with Gasteiger partial charge in [0.15, 0.2) is 0 Å². The fourth-order valence-corrected chi connectivity index (χ4v) is 17.6. The van der Waals surface area contributed by atoms with E-state index in [-0.39, 0.29) is 16.2 Å². The smallest absolute Gasteiger partial charge is 0.149 e. The summed E-state index contributed by atoms with van der Waals surface area (Å²) < 4.78 is 14.0. The van der Waals surface area contributed by atoms with Gasteiger partial charge in [-0.3, -0.25) is 0 Å². The molecule has 0 spiro atoms. The Morgan fingerprint density at radius 3 is 1.49 bits per heavy atom. The van der Waals surface area contributed by atoms with Crippen molar-refractivity contribution in [2.45, 2.75) is 97.0 Å². The lowest BCUT2D eigenvalue weighted by molar-refractivity contribution is 0.455. The quantitative estimate of drug-likeness (QED) is 0.173. The number of para-hydroxylation sites is 2. The maximum absolute atomic E-state index is 7.21. The molecule has 0 fully saturated rings. The molecule has 0 amide bonds. The van der Waals surface area contributed by atoms with E-state index >= 15 is 0 Å². The van der Waals surface area contributed by atoms with Crippen molar-refractivity contribution in [3.63, 3.8) is 0 Å². The lowest BCUT2D eigenvalue weighted by Gasteiger charge is -2.30. The molecular formula is C69H49NO2S4. The van der Waals surface area contributed by atoms with Gasteiger partial charge < -0.3 is 14.4 Å². The molecule has 0 N–H and O–H groups in total. The Morgan fingerprint density at radius 2 is 0.789 bits per heavy atom. The molecule has 0 saturated carbocycles. The number of fused-ring (bicyclic) bond motifs is 18. The summed E-state index contributed by atoms with van der Waals surface area (Å²) in [5, 5.41) is 0. The van der Waals surface area contributed by atoms with Crippen molar-refractivity contribution in [2.24, 2.45) is 0 Å². The second-order valence-electron chi connectivity index (χ2n) is 22.3. The molecule has 0 bridgehead atoms. The first kappa shape index (κ1) is 45.2. The van der Waals surface area contributed by atoms with Gasteiger partial charge in [0.05, 0.1) is 19.6 Å². The minimum absolute atomic E-state index is 0.113. The van der Waals surface area contributed by atoms with E-state index < -0.39 is 0 Å². The van der Waals surface area contributed by atoms with Crippen LogP contribution < -0.4 is 14.4 Å². The van der Waals surface area contributed by atoms with E-state index in [1.54, 1.807) is 11.8 Å². The molecule has 10 aromatic carbocycles. The van der Waals surface area contributed by atoms with Gasteiger partial charge in [0, 0.05) is 75.1 Å². The Balaban J connectivity index is 0.824. The molecule has 3 aliphatic heterocycles. The van der Waals surface area contributed by atoms with Gasteiger partial charge in [-0.25, -0.2) is 0 Å². The third-order valence-corrected chi connectivity index (χ3v) is 21.8. The third kappa shape index (κ3) is 6.31. The average Bonchev–Trinajstić information content (AvgIpc) is 4.15. The summed E-state index contributed by atoms with van der Waals surface area (Å²) in [6.45, 7) is 14.2. The largest absolute Gasteiger partial charge is 0.454 e. The van der Waals surface area contributed by atoms with Gasteiger partial charge in [0.2, 0.25) is 0 Å². The normalized spacial score (nSPS) is 16.1. The van der Waals surface area contributed by atoms with Crippen LogP contribution in [0.4, 0.5) is 17.1 Å². The van der Waals surface area contributed by atoms with Gasteiger partial charge >= 0.3 is 0 Å². The fourth-order valence-electron chi connectivity index (χ4n) is 13.2. The number of ether oxygens (including phenoxy) is 2. The van der Waals surface area contributed by atoms with Gasteiger partial charge in [-0.1, -0.05) is 192 Å². The van der Waals surface area contributed by atoms with Crippen molar-refractivity contribution in [1.29, 1.82) is 0 Å². The maximum Gasteiger partial charge on any atom is 0.149 e. The topological polar surface area (TPSA) is 21.7 Å². The zero-order valence-electron chi connectivity index (χ0n) is 42.8. The highest BCUT2D eigenvalue weighted by Crippen LogP contribution is 2.63. The Bertz CT molecular complexity index is 4060. The van der Waals surface area contributed by atoms with E-state index in [9.17, 15) is 0 Å². The van der Waals surface area contributed by atoms with Crippen molar-refractivity contribution in [2.75, 3.05) is 4.90 Å². The Kier molecular flexibility index (Phi) is 9.54. The van der Waals surface area contributed by atoms with Crippen molar-refractivity contribution in [1.82, 2.24) is 0 Å². The van der Waals surface area contributed by atoms with E-state index in [0.29, 0.717) is 0 Å². The number of rotatable bonds is 4. The monoisotopic (exact) mass is 1050 g/mol. The highest BCUT2D eigenvalue weighted by atomic mass is 32.2. The van der Waals surface area contributed by atoms with Crippen LogP contribution in [0.15, 0.2) is 227 Å². The lowest BCUT2D eigenvalue weighted by atomic mass is 9.82. The van der Waals surface area contributed by atoms with E-state index in [1.807, 2.05) is 35.3 Å². The second-order valence-corrected chi connectivity index (χ2v) is 26.7. The van der Waals surface area contributed by atoms with Crippen LogP contribution in [0.5, 0.6) is 23.0 Å². The molecule has 0 atom stereocenters. The van der Waals surface area contributed by atoms with Crippen molar-refractivity contribution in [3.05, 3.63) is 221 Å². The Hall–Kier alpha value is -7.00. The first-order chi connectivity index (χ1) is 36.9. The SMILES string of the molecule is CC1(C)c2cc(N(c3ccc(-c4cccc5c4Oc4c(ccc6c4-c4ccccc4C6(C)C)S5)cc3)c3ccc4c(c3)C(C)(C)c3ccc5c(c3-4)Sc3ccccc3S5)ccc2-c2c1ccc1c2Oc2ccccc2S1. The molecule has 0 radical (unpaired) electrons. The number of anilines is 3. The fraction of sp³-hybridized carbons (Fsp3) is 0.130. The van der Waals surface area contributed by atoms with Crippen LogP contribution in [-0.2, 0) is 16.2 Å². The van der Waals surface area contributed by atoms with Gasteiger partial charge in [0.1, 0.15) is 23.0 Å². The first-order valence-corrected chi connectivity index (χ1v) is 29.4. The van der Waals surface area contributed by atoms with Crippen molar-refractivity contribution < 1.29 is 9.47 Å². The molecule has 10 aromatic rings. The summed E-state index contributed by atoms with van der Waals surface area (Å²) in [7, 11) is 0. The molecule has 6 aliphatic rings. The van der Waals surface area contributed by atoms with Crippen LogP contribution in [-0.4, -0.2) is 0 Å². The molecule has 76 heavy (non-hydrogen) atoms. The zero-order chi connectivity index (χ0) is 51.0. The van der Waals surface area contributed by atoms with Crippen LogP contribution in [0, 0.1) is 0 Å². The standard InChI is InChI=1S/C69H49NO2S4/c1-67(2)46-16-8-7-14-43(46)60-47(67)30-34-58-65(60)72-63-42(15-13-21-56(63)75-58)38-22-24-39(25-23-38)70(40-26-28-44-50(36-40)68(3,4)48-31-33-57-64(61(44)48)71-52-17-9-10-18-53(52)73-57)41-27-29-45-51(37-41)69(5,6)49-32-35-59-66(62(45)49)76-55-20-12-11-19-54(55)74-59/h7-37H,1-6H3. The van der Waals surface area contributed by atoms with E-state index in [2.05, 4.69) is 234 Å². The average molecular weight is 1050 g/mol. The second kappa shape index (κ2) is 16.0. The molecular weight excluding hydrogens is 1000 g/mol. The van der Waals surface area contributed by atoms with Gasteiger partial charge in [-0.05, 0) is 141 Å². The molecule has 3 heterocycles. The number of benzene rings is 10. The molecule has 0 saturated heterocycles. The minimum Gasteiger partial charge on any atom is -0.454 e. The van der Waals surface area contributed by atoms with Gasteiger partial charge in [-0.15, -0.1) is 0 Å². The van der Waals surface area contributed by atoms with Crippen LogP contribution in [0.2, 0.25) is 0 Å². The number of hydrogen-bond donors (Lipinski definition) is 0. The van der Waals surface area contributed by atoms with Gasteiger partial charge in [0.25, 0.3) is 0 Å². The molecule has 7 heteroatoms. The summed E-state index contributed by atoms with van der Waals surface area (Å²) >= 11 is 7.42. The van der Waals surface area contributed by atoms with E-state index in [0.717, 1.165) is 70.8 Å². The molecule has 0 unspecified atom stereocenters. The summed E-state index contributed by atoms with van der Waals surface area (Å²) in [6, 6.07) is 70.1. The van der Waals surface area contributed by atoms with E-state index in [1.165, 1.54) is 86.3 Å². The predicted molar refractivity (Wildman–Crippen MR) is 315 cm³/mol. The lowest BCUT2D eigenvalue weighted by Crippen LogP contribution is -2.18. The van der Waals surface area contributed by atoms with E-state index in [4.69, 9.17) is 9.47 Å². The van der Waals surface area contributed by atoms with Crippen LogP contribution in [0.3, 0.4) is 0 Å². The summed E-state index contributed by atoms with van der Waals surface area (Å²) in [6.07, 6.45) is 0. The summed E-state index contributed by atoms with van der Waals surface area (Å²) in [5.74, 6) is 3.75. The van der Waals surface area contributed by atoms with Crippen molar-refractivity contribution >= 4 is 64.1 Å². The highest BCUT2D eigenvalue weighted by molar-refractivity contribution is 8.05. The Labute approximate surface area is 461 Å². The first-order valence-electron chi connectivity index (χ1n) is 26.1. The van der Waals surface area contributed by atoms with Gasteiger partial charge in [-0.2, -0.15) is 0 Å². The molecule has 3 aliphatic carbocycles. The Morgan fingerprint density at radius 1 is 0.316 bits per heavy atom. The molecule has 3 nitrogen and oxygen atoms in total. The number of nitrogens with zero attached hydrogens (tertiary/aromatic N) is 1. The maximum atomic E-state index is 7.21. The third-order valence-electron chi connectivity index (χ3n) is 17.1. The van der Waals surface area contributed by atoms with Crippen LogP contribution >= 0.6 is 47.0 Å². The molecule has 16 rings (SSSR count). The highest BCUT2D eigenvalue weighted by Gasteiger charge is 2.43.